The molecule has 3 rings (SSSR count). The van der Waals surface area contributed by atoms with Crippen LogP contribution in [0.3, 0.4) is 0 Å². The van der Waals surface area contributed by atoms with Crippen molar-refractivity contribution in [3.63, 3.8) is 0 Å². The van der Waals surface area contributed by atoms with Crippen molar-refractivity contribution >= 4 is 11.6 Å². The van der Waals surface area contributed by atoms with Gasteiger partial charge in [0.1, 0.15) is 5.75 Å². The van der Waals surface area contributed by atoms with E-state index in [1.54, 1.807) is 44.4 Å². The molecule has 6 heteroatoms. The van der Waals surface area contributed by atoms with E-state index in [1.165, 1.54) is 7.11 Å². The van der Waals surface area contributed by atoms with Crippen LogP contribution in [-0.2, 0) is 4.79 Å². The maximum absolute atomic E-state index is 12.5. The Balaban J connectivity index is 1.63. The summed E-state index contributed by atoms with van der Waals surface area (Å²) in [5.41, 5.74) is 3.20. The number of ether oxygens (including phenoxy) is 3. The first kappa shape index (κ1) is 20.7. The predicted octanol–water partition coefficient (Wildman–Crippen LogP) is 4.65. The first-order chi connectivity index (χ1) is 14.5. The van der Waals surface area contributed by atoms with Crippen LogP contribution in [0.4, 0.5) is 5.69 Å². The van der Waals surface area contributed by atoms with E-state index in [1.807, 2.05) is 36.4 Å². The molecule has 1 atom stereocenters. The molecule has 3 aromatic rings. The lowest BCUT2D eigenvalue weighted by Gasteiger charge is -2.16. The summed E-state index contributed by atoms with van der Waals surface area (Å²) in [5.74, 6) is 1.42. The van der Waals surface area contributed by atoms with Gasteiger partial charge in [-0.1, -0.05) is 24.3 Å². The number of anilines is 1. The maximum Gasteiger partial charge on any atom is 0.265 e. The molecule has 3 aromatic carbocycles. The number of rotatable bonds is 7. The van der Waals surface area contributed by atoms with Gasteiger partial charge in [0.15, 0.2) is 17.6 Å². The highest BCUT2D eigenvalue weighted by molar-refractivity contribution is 5.94. The number of hydrogen-bond donors (Lipinski definition) is 1. The van der Waals surface area contributed by atoms with Crippen LogP contribution in [0, 0.1) is 11.3 Å². The lowest BCUT2D eigenvalue weighted by atomic mass is 10.0. The van der Waals surface area contributed by atoms with Gasteiger partial charge in [-0.05, 0) is 54.4 Å². The largest absolute Gasteiger partial charge is 0.493 e. The highest BCUT2D eigenvalue weighted by atomic mass is 16.5. The van der Waals surface area contributed by atoms with Gasteiger partial charge < -0.3 is 19.5 Å². The number of nitriles is 1. The second-order valence-corrected chi connectivity index (χ2v) is 6.53. The average Bonchev–Trinajstić information content (AvgIpc) is 2.79. The topological polar surface area (TPSA) is 80.6 Å². The second kappa shape index (κ2) is 9.48. The molecule has 0 fully saturated rings. The summed E-state index contributed by atoms with van der Waals surface area (Å²) in [6.45, 7) is 1.69. The highest BCUT2D eigenvalue weighted by Crippen LogP contribution is 2.30. The standard InChI is InChI=1S/C24H22N2O4/c1-16(24(27)26-20-10-13-22(28-2)23(14-20)29-3)30-21-11-8-19(9-12-21)18-6-4-17(15-25)5-7-18/h4-14,16H,1-3H3,(H,26,27). The quantitative estimate of drug-likeness (QED) is 0.622. The maximum atomic E-state index is 12.5. The zero-order valence-corrected chi connectivity index (χ0v) is 17.0. The number of amides is 1. The average molecular weight is 402 g/mol. The number of carbonyl (C=O) groups excluding carboxylic acids is 1. The molecule has 0 spiro atoms. The minimum Gasteiger partial charge on any atom is -0.493 e. The van der Waals surface area contributed by atoms with E-state index < -0.39 is 6.10 Å². The molecule has 1 N–H and O–H groups in total. The van der Waals surface area contributed by atoms with Gasteiger partial charge in [0.25, 0.3) is 5.91 Å². The van der Waals surface area contributed by atoms with Crippen molar-refractivity contribution in [2.45, 2.75) is 13.0 Å². The highest BCUT2D eigenvalue weighted by Gasteiger charge is 2.16. The molecule has 0 aliphatic heterocycles. The lowest BCUT2D eigenvalue weighted by Crippen LogP contribution is -2.30. The zero-order chi connectivity index (χ0) is 21.5. The van der Waals surface area contributed by atoms with E-state index in [-0.39, 0.29) is 5.91 Å². The van der Waals surface area contributed by atoms with Crippen molar-refractivity contribution in [2.24, 2.45) is 0 Å². The van der Waals surface area contributed by atoms with E-state index in [0.717, 1.165) is 11.1 Å². The molecule has 0 aromatic heterocycles. The number of methoxy groups -OCH3 is 2. The summed E-state index contributed by atoms with van der Waals surface area (Å²) in [5, 5.41) is 11.7. The first-order valence-corrected chi connectivity index (χ1v) is 9.34. The molecule has 30 heavy (non-hydrogen) atoms. The molecule has 6 nitrogen and oxygen atoms in total. The van der Waals surface area contributed by atoms with Crippen LogP contribution in [0.5, 0.6) is 17.2 Å². The van der Waals surface area contributed by atoms with Crippen molar-refractivity contribution in [3.05, 3.63) is 72.3 Å². The summed E-state index contributed by atoms with van der Waals surface area (Å²) >= 11 is 0. The molecule has 0 aliphatic rings. The number of nitrogens with zero attached hydrogens (tertiary/aromatic N) is 1. The Kier molecular flexibility index (Phi) is 6.56. The van der Waals surface area contributed by atoms with Crippen LogP contribution >= 0.6 is 0 Å². The summed E-state index contributed by atoms with van der Waals surface area (Å²) < 4.78 is 16.2. The minimum absolute atomic E-state index is 0.279. The number of nitrogens with one attached hydrogen (secondary N) is 1. The smallest absolute Gasteiger partial charge is 0.265 e. The Bertz CT molecular complexity index is 1050. The molecule has 152 valence electrons. The van der Waals surface area contributed by atoms with Crippen molar-refractivity contribution < 1.29 is 19.0 Å². The molecule has 1 amide bonds. The SMILES string of the molecule is COc1ccc(NC(=O)C(C)Oc2ccc(-c3ccc(C#N)cc3)cc2)cc1OC. The fraction of sp³-hybridized carbons (Fsp3) is 0.167. The number of hydrogen-bond acceptors (Lipinski definition) is 5. The Morgan fingerprint density at radius 3 is 2.07 bits per heavy atom. The Hall–Kier alpha value is -3.98. The molecule has 0 saturated carbocycles. The third kappa shape index (κ3) is 4.89. The van der Waals surface area contributed by atoms with Gasteiger partial charge in [0.2, 0.25) is 0 Å². The van der Waals surface area contributed by atoms with Crippen molar-refractivity contribution in [3.8, 4) is 34.4 Å². The van der Waals surface area contributed by atoms with Gasteiger partial charge in [-0.25, -0.2) is 0 Å². The van der Waals surface area contributed by atoms with Gasteiger partial charge in [-0.2, -0.15) is 5.26 Å². The van der Waals surface area contributed by atoms with Gasteiger partial charge in [-0.3, -0.25) is 4.79 Å². The summed E-state index contributed by atoms with van der Waals surface area (Å²) in [6.07, 6.45) is -0.696. The van der Waals surface area contributed by atoms with Gasteiger partial charge in [0.05, 0.1) is 25.9 Å². The number of carbonyl (C=O) groups is 1. The molecule has 0 aliphatic carbocycles. The summed E-state index contributed by atoms with van der Waals surface area (Å²) in [4.78, 5) is 12.5. The predicted molar refractivity (Wildman–Crippen MR) is 115 cm³/mol. The monoisotopic (exact) mass is 402 g/mol. The van der Waals surface area contributed by atoms with Gasteiger partial charge in [-0.15, -0.1) is 0 Å². The van der Waals surface area contributed by atoms with Crippen LogP contribution in [-0.4, -0.2) is 26.2 Å². The number of benzene rings is 3. The van der Waals surface area contributed by atoms with E-state index in [0.29, 0.717) is 28.5 Å². The Morgan fingerprint density at radius 1 is 0.900 bits per heavy atom. The van der Waals surface area contributed by atoms with Crippen LogP contribution < -0.4 is 19.5 Å². The molecule has 1 unspecified atom stereocenters. The Morgan fingerprint density at radius 2 is 1.50 bits per heavy atom. The fourth-order valence-electron chi connectivity index (χ4n) is 2.88. The van der Waals surface area contributed by atoms with E-state index in [2.05, 4.69) is 11.4 Å². The van der Waals surface area contributed by atoms with E-state index in [4.69, 9.17) is 19.5 Å². The van der Waals surface area contributed by atoms with E-state index >= 15 is 0 Å². The molecule has 0 heterocycles. The van der Waals surface area contributed by atoms with Crippen LogP contribution in [0.2, 0.25) is 0 Å². The third-order valence-corrected chi connectivity index (χ3v) is 4.53. The minimum atomic E-state index is -0.696. The van der Waals surface area contributed by atoms with Crippen LogP contribution in [0.15, 0.2) is 66.7 Å². The molecule has 0 saturated heterocycles. The normalized spacial score (nSPS) is 11.1. The zero-order valence-electron chi connectivity index (χ0n) is 17.0. The Labute approximate surface area is 175 Å². The van der Waals surface area contributed by atoms with Gasteiger partial charge >= 0.3 is 0 Å². The summed E-state index contributed by atoms with van der Waals surface area (Å²) in [6, 6.07) is 22.1. The van der Waals surface area contributed by atoms with Crippen molar-refractivity contribution in [2.75, 3.05) is 19.5 Å². The fourth-order valence-corrected chi connectivity index (χ4v) is 2.88. The van der Waals surface area contributed by atoms with Crippen LogP contribution in [0.1, 0.15) is 12.5 Å². The second-order valence-electron chi connectivity index (χ2n) is 6.53. The molecular formula is C24H22N2O4. The van der Waals surface area contributed by atoms with Crippen molar-refractivity contribution in [1.29, 1.82) is 5.26 Å². The lowest BCUT2D eigenvalue weighted by molar-refractivity contribution is -0.122. The van der Waals surface area contributed by atoms with Crippen molar-refractivity contribution in [1.82, 2.24) is 0 Å². The van der Waals surface area contributed by atoms with Gasteiger partial charge in [0, 0.05) is 11.8 Å². The van der Waals surface area contributed by atoms with E-state index in [9.17, 15) is 4.79 Å². The summed E-state index contributed by atoms with van der Waals surface area (Å²) in [7, 11) is 3.09. The third-order valence-electron chi connectivity index (χ3n) is 4.53. The molecular weight excluding hydrogens is 380 g/mol. The first-order valence-electron chi connectivity index (χ1n) is 9.34. The molecule has 0 radical (unpaired) electrons. The molecule has 0 bridgehead atoms. The van der Waals surface area contributed by atoms with Crippen LogP contribution in [0.25, 0.3) is 11.1 Å².